The van der Waals surface area contributed by atoms with Gasteiger partial charge in [-0.2, -0.15) is 4.98 Å². The summed E-state index contributed by atoms with van der Waals surface area (Å²) in [5, 5.41) is 4.11. The molecule has 2 aliphatic rings. The first-order valence-corrected chi connectivity index (χ1v) is 10.8. The summed E-state index contributed by atoms with van der Waals surface area (Å²) < 4.78 is 16.3. The van der Waals surface area contributed by atoms with Crippen molar-refractivity contribution >= 4 is 0 Å². The van der Waals surface area contributed by atoms with Crippen LogP contribution in [0.4, 0.5) is 0 Å². The normalized spacial score (nSPS) is 20.4. The molecule has 1 fully saturated rings. The van der Waals surface area contributed by atoms with Crippen LogP contribution in [0.25, 0.3) is 11.4 Å². The molecular weight excluding hydrogens is 380 g/mol. The highest BCUT2D eigenvalue weighted by atomic mass is 16.7. The van der Waals surface area contributed by atoms with E-state index in [2.05, 4.69) is 22.3 Å². The fourth-order valence-electron chi connectivity index (χ4n) is 4.27. The number of nitrogens with zero attached hydrogens (tertiary/aromatic N) is 2. The van der Waals surface area contributed by atoms with Gasteiger partial charge in [-0.1, -0.05) is 35.5 Å². The van der Waals surface area contributed by atoms with Crippen molar-refractivity contribution in [2.24, 2.45) is 0 Å². The number of fused-ring (bicyclic) bond motifs is 1. The molecule has 0 atom stereocenters. The Morgan fingerprint density at radius 2 is 1.67 bits per heavy atom. The highest BCUT2D eigenvalue weighted by Gasteiger charge is 2.24. The van der Waals surface area contributed by atoms with Gasteiger partial charge in [0, 0.05) is 24.0 Å². The summed E-state index contributed by atoms with van der Waals surface area (Å²) in [4.78, 5) is 7.85. The second-order valence-electron chi connectivity index (χ2n) is 8.10. The van der Waals surface area contributed by atoms with Crippen LogP contribution in [0.3, 0.4) is 0 Å². The molecule has 30 heavy (non-hydrogen) atoms. The Morgan fingerprint density at radius 3 is 2.53 bits per heavy atom. The average molecular weight is 409 g/mol. The second-order valence-corrected chi connectivity index (χ2v) is 8.10. The van der Waals surface area contributed by atoms with Crippen LogP contribution < -0.4 is 19.3 Å². The van der Waals surface area contributed by atoms with E-state index in [4.69, 9.17) is 14.0 Å². The van der Waals surface area contributed by atoms with Crippen molar-refractivity contribution < 1.29 is 23.8 Å². The van der Waals surface area contributed by atoms with Crippen molar-refractivity contribution in [2.45, 2.75) is 19.4 Å². The van der Waals surface area contributed by atoms with E-state index in [0.29, 0.717) is 12.6 Å². The summed E-state index contributed by atoms with van der Waals surface area (Å²) in [6.07, 6.45) is 1.92. The third kappa shape index (κ3) is 4.47. The van der Waals surface area contributed by atoms with Crippen LogP contribution in [0.15, 0.2) is 53.1 Å². The Kier molecular flexibility index (Phi) is 5.63. The maximum atomic E-state index is 5.50. The highest BCUT2D eigenvalue weighted by Crippen LogP contribution is 2.32. The van der Waals surface area contributed by atoms with Crippen molar-refractivity contribution in [3.63, 3.8) is 0 Å². The van der Waals surface area contributed by atoms with Crippen LogP contribution in [-0.2, 0) is 13.0 Å². The van der Waals surface area contributed by atoms with Gasteiger partial charge >= 0.3 is 0 Å². The van der Waals surface area contributed by atoms with Gasteiger partial charge in [0.05, 0.1) is 6.54 Å². The zero-order chi connectivity index (χ0) is 20.2. The molecule has 0 unspecified atom stereocenters. The third-order valence-corrected chi connectivity index (χ3v) is 5.98. The van der Waals surface area contributed by atoms with E-state index in [1.165, 1.54) is 31.7 Å². The van der Waals surface area contributed by atoms with Crippen LogP contribution in [0, 0.1) is 0 Å². The van der Waals surface area contributed by atoms with E-state index in [1.54, 1.807) is 9.80 Å². The van der Waals surface area contributed by atoms with Crippen LogP contribution in [-0.4, -0.2) is 49.7 Å². The van der Waals surface area contributed by atoms with E-state index in [0.717, 1.165) is 48.9 Å². The van der Waals surface area contributed by atoms with Crippen molar-refractivity contribution in [1.82, 2.24) is 10.1 Å². The van der Waals surface area contributed by atoms with Crippen molar-refractivity contribution in [3.05, 3.63) is 60.0 Å². The molecule has 0 aliphatic carbocycles. The lowest BCUT2D eigenvalue weighted by Gasteiger charge is -2.29. The Balaban J connectivity index is 1.04. The SMILES string of the molecule is c1ccc(-c2noc(CCC[NH+]3CC[NH+](Cc4ccc5c(c4)OCO5)CC3)n2)cc1. The number of benzene rings is 2. The summed E-state index contributed by atoms with van der Waals surface area (Å²) in [6, 6.07) is 16.3. The molecule has 3 aromatic rings. The molecule has 7 nitrogen and oxygen atoms in total. The summed E-state index contributed by atoms with van der Waals surface area (Å²) in [7, 11) is 0. The summed E-state index contributed by atoms with van der Waals surface area (Å²) in [5.74, 6) is 3.16. The number of aromatic nitrogens is 2. The van der Waals surface area contributed by atoms with Crippen LogP contribution in [0.2, 0.25) is 0 Å². The number of aryl methyl sites for hydroxylation is 1. The zero-order valence-corrected chi connectivity index (χ0v) is 17.1. The number of hydrogen-bond donors (Lipinski definition) is 2. The van der Waals surface area contributed by atoms with E-state index in [1.807, 2.05) is 36.4 Å². The minimum Gasteiger partial charge on any atom is -0.454 e. The monoisotopic (exact) mass is 408 g/mol. The highest BCUT2D eigenvalue weighted by molar-refractivity contribution is 5.53. The van der Waals surface area contributed by atoms with Crippen molar-refractivity contribution in [2.75, 3.05) is 39.5 Å². The number of hydrogen-bond acceptors (Lipinski definition) is 5. The fraction of sp³-hybridized carbons (Fsp3) is 0.391. The molecule has 1 aromatic heterocycles. The molecule has 3 heterocycles. The molecule has 2 aromatic carbocycles. The van der Waals surface area contributed by atoms with Crippen LogP contribution >= 0.6 is 0 Å². The van der Waals surface area contributed by atoms with Crippen LogP contribution in [0.5, 0.6) is 11.5 Å². The van der Waals surface area contributed by atoms with Gasteiger partial charge in [0.1, 0.15) is 32.7 Å². The molecule has 1 saturated heterocycles. The quantitative estimate of drug-likeness (QED) is 0.592. The largest absolute Gasteiger partial charge is 0.454 e. The van der Waals surface area contributed by atoms with Crippen LogP contribution in [0.1, 0.15) is 17.9 Å². The molecule has 5 rings (SSSR count). The molecule has 0 bridgehead atoms. The van der Waals surface area contributed by atoms with Gasteiger partial charge in [-0.05, 0) is 18.2 Å². The van der Waals surface area contributed by atoms with Crippen molar-refractivity contribution in [1.29, 1.82) is 0 Å². The predicted molar refractivity (Wildman–Crippen MR) is 111 cm³/mol. The maximum Gasteiger partial charge on any atom is 0.231 e. The molecule has 0 spiro atoms. The lowest BCUT2D eigenvalue weighted by molar-refractivity contribution is -1.02. The molecule has 2 N–H and O–H groups in total. The smallest absolute Gasteiger partial charge is 0.231 e. The van der Waals surface area contributed by atoms with Gasteiger partial charge in [-0.15, -0.1) is 0 Å². The first-order valence-electron chi connectivity index (χ1n) is 10.8. The Morgan fingerprint density at radius 1 is 0.867 bits per heavy atom. The number of quaternary nitrogens is 2. The van der Waals surface area contributed by atoms with E-state index in [9.17, 15) is 0 Å². The Bertz CT molecular complexity index is 968. The fourth-order valence-corrected chi connectivity index (χ4v) is 4.27. The molecule has 7 heteroatoms. The summed E-state index contributed by atoms with van der Waals surface area (Å²) in [6.45, 7) is 7.35. The molecule has 0 saturated carbocycles. The standard InChI is InChI=1S/C23H26N4O3/c1-2-5-19(6-3-1)23-24-22(30-25-23)7-4-10-26-11-13-27(14-12-26)16-18-8-9-20-21(15-18)29-17-28-20/h1-3,5-6,8-9,15H,4,7,10-14,16-17H2/p+2. The number of nitrogens with one attached hydrogen (secondary N) is 2. The maximum absolute atomic E-state index is 5.50. The minimum absolute atomic E-state index is 0.338. The predicted octanol–water partition coefficient (Wildman–Crippen LogP) is 0.382. The second kappa shape index (κ2) is 8.85. The van der Waals surface area contributed by atoms with Gasteiger partial charge in [0.2, 0.25) is 18.5 Å². The zero-order valence-electron chi connectivity index (χ0n) is 17.1. The van der Waals surface area contributed by atoms with E-state index < -0.39 is 0 Å². The first-order chi connectivity index (χ1) is 14.8. The third-order valence-electron chi connectivity index (χ3n) is 5.98. The number of rotatable bonds is 7. The Hall–Kier alpha value is -2.90. The number of piperazine rings is 1. The molecule has 0 radical (unpaired) electrons. The van der Waals surface area contributed by atoms with E-state index >= 15 is 0 Å². The first kappa shape index (κ1) is 19.1. The average Bonchev–Trinajstić information content (AvgIpc) is 3.45. The lowest BCUT2D eigenvalue weighted by atomic mass is 10.1. The van der Waals surface area contributed by atoms with Gasteiger partial charge in [-0.3, -0.25) is 0 Å². The van der Waals surface area contributed by atoms with Gasteiger partial charge in [0.15, 0.2) is 11.5 Å². The molecule has 0 amide bonds. The molecule has 2 aliphatic heterocycles. The van der Waals surface area contributed by atoms with Gasteiger partial charge in [0.25, 0.3) is 0 Å². The topological polar surface area (TPSA) is 66.3 Å². The summed E-state index contributed by atoms with van der Waals surface area (Å²) in [5.41, 5.74) is 2.32. The minimum atomic E-state index is 0.338. The van der Waals surface area contributed by atoms with Gasteiger partial charge < -0.3 is 23.8 Å². The molecule has 156 valence electrons. The van der Waals surface area contributed by atoms with Crippen molar-refractivity contribution in [3.8, 4) is 22.9 Å². The molecular formula is C23H28N4O3+2. The lowest BCUT2D eigenvalue weighted by Crippen LogP contribution is -3.27. The Labute approximate surface area is 176 Å². The number of ether oxygens (including phenoxy) is 2. The van der Waals surface area contributed by atoms with Gasteiger partial charge in [-0.25, -0.2) is 0 Å². The summed E-state index contributed by atoms with van der Waals surface area (Å²) >= 11 is 0. The van der Waals surface area contributed by atoms with E-state index in [-0.39, 0.29) is 0 Å².